The number of likely N-dealkylation sites (N-methyl/N-ethyl adjacent to an activating group) is 1. The van der Waals surface area contributed by atoms with Gasteiger partial charge in [-0.3, -0.25) is 4.99 Å². The normalized spacial score (nSPS) is 13.5. The summed E-state index contributed by atoms with van der Waals surface area (Å²) in [6.45, 7) is 7.39. The molecule has 1 heterocycles. The first-order chi connectivity index (χ1) is 13.6. The Morgan fingerprint density at radius 1 is 1.31 bits per heavy atom. The van der Waals surface area contributed by atoms with Gasteiger partial charge in [0.1, 0.15) is 11.6 Å². The quantitative estimate of drug-likeness (QED) is 0.201. The molecule has 0 aliphatic carbocycles. The molecule has 7 nitrogen and oxygen atoms in total. The zero-order valence-electron chi connectivity index (χ0n) is 17.6. The Morgan fingerprint density at radius 3 is 2.90 bits per heavy atom. The molecule has 2 N–H and O–H groups in total. The summed E-state index contributed by atoms with van der Waals surface area (Å²) >= 11 is 0. The third-order valence-electron chi connectivity index (χ3n) is 4.42. The van der Waals surface area contributed by atoms with E-state index in [1.807, 2.05) is 6.92 Å². The topological polar surface area (TPSA) is 67.4 Å². The fraction of sp³-hybridized carbons (Fsp3) is 0.650. The van der Waals surface area contributed by atoms with E-state index in [4.69, 9.17) is 14.2 Å². The van der Waals surface area contributed by atoms with E-state index >= 15 is 0 Å². The van der Waals surface area contributed by atoms with Gasteiger partial charge in [0.15, 0.2) is 12.8 Å². The lowest BCUT2D eigenvalue weighted by Crippen LogP contribution is -2.39. The van der Waals surface area contributed by atoms with Gasteiger partial charge in [-0.05, 0) is 44.5 Å². The zero-order chi connectivity index (χ0) is 20.2. The molecular formula is C20H34FIN4O3. The van der Waals surface area contributed by atoms with E-state index < -0.39 is 0 Å². The van der Waals surface area contributed by atoms with E-state index in [1.165, 1.54) is 12.1 Å². The Kier molecular flexibility index (Phi) is 13.2. The molecule has 0 radical (unpaired) electrons. The number of hydrogen-bond acceptors (Lipinski definition) is 5. The van der Waals surface area contributed by atoms with Crippen LogP contribution < -0.4 is 15.4 Å². The Bertz CT molecular complexity index is 634. The van der Waals surface area contributed by atoms with E-state index in [2.05, 4.69) is 27.6 Å². The maximum Gasteiger partial charge on any atom is 0.191 e. The van der Waals surface area contributed by atoms with Crippen LogP contribution in [0.2, 0.25) is 0 Å². The van der Waals surface area contributed by atoms with E-state index in [-0.39, 0.29) is 36.6 Å². The Balaban J connectivity index is 0.00000420. The lowest BCUT2D eigenvalue weighted by atomic mass is 10.1. The molecule has 0 amide bonds. The standard InChI is InChI=1S/C20H33FN4O3.HI/c1-4-22-20(24-8-10-25(2)9-5-11-26-3)23-7-6-16-12-18(21)13-17-14-27-15-28-19(16)17;/h12-13H,4-11,14-15H2,1-3H3,(H2,22,23,24);1H. The molecule has 2 rings (SSSR count). The predicted molar refractivity (Wildman–Crippen MR) is 124 cm³/mol. The number of fused-ring (bicyclic) bond motifs is 1. The summed E-state index contributed by atoms with van der Waals surface area (Å²) in [5.41, 5.74) is 1.61. The summed E-state index contributed by atoms with van der Waals surface area (Å²) in [6.07, 6.45) is 1.65. The van der Waals surface area contributed by atoms with Gasteiger partial charge in [0.05, 0.1) is 13.2 Å². The van der Waals surface area contributed by atoms with Crippen molar-refractivity contribution in [3.8, 4) is 5.75 Å². The second-order valence-corrected chi connectivity index (χ2v) is 6.75. The fourth-order valence-corrected chi connectivity index (χ4v) is 3.02. The van der Waals surface area contributed by atoms with Crippen molar-refractivity contribution in [2.75, 3.05) is 60.3 Å². The molecule has 9 heteroatoms. The van der Waals surface area contributed by atoms with E-state index in [0.29, 0.717) is 26.1 Å². The Labute approximate surface area is 190 Å². The van der Waals surface area contributed by atoms with Crippen molar-refractivity contribution >= 4 is 29.9 Å². The van der Waals surface area contributed by atoms with Crippen LogP contribution in [0.3, 0.4) is 0 Å². The molecule has 1 aliphatic heterocycles. The molecule has 0 bridgehead atoms. The van der Waals surface area contributed by atoms with Crippen LogP contribution in [0.1, 0.15) is 24.5 Å². The van der Waals surface area contributed by atoms with Crippen LogP contribution in [0.25, 0.3) is 0 Å². The fourth-order valence-electron chi connectivity index (χ4n) is 3.02. The minimum Gasteiger partial charge on any atom is -0.467 e. The van der Waals surface area contributed by atoms with Crippen LogP contribution in [0.4, 0.5) is 4.39 Å². The van der Waals surface area contributed by atoms with Gasteiger partial charge in [-0.15, -0.1) is 24.0 Å². The number of ether oxygens (including phenoxy) is 3. The van der Waals surface area contributed by atoms with Crippen LogP contribution >= 0.6 is 24.0 Å². The van der Waals surface area contributed by atoms with Crippen molar-refractivity contribution in [1.29, 1.82) is 0 Å². The lowest BCUT2D eigenvalue weighted by molar-refractivity contribution is -0.0172. The smallest absolute Gasteiger partial charge is 0.191 e. The van der Waals surface area contributed by atoms with Crippen molar-refractivity contribution < 1.29 is 18.6 Å². The molecule has 0 unspecified atom stereocenters. The Morgan fingerprint density at radius 2 is 2.14 bits per heavy atom. The Hall–Kier alpha value is -1.17. The van der Waals surface area contributed by atoms with Crippen molar-refractivity contribution in [2.24, 2.45) is 4.99 Å². The summed E-state index contributed by atoms with van der Waals surface area (Å²) in [4.78, 5) is 6.85. The van der Waals surface area contributed by atoms with Crippen molar-refractivity contribution in [2.45, 2.75) is 26.4 Å². The third-order valence-corrected chi connectivity index (χ3v) is 4.42. The van der Waals surface area contributed by atoms with Crippen LogP contribution in [0.15, 0.2) is 17.1 Å². The molecule has 1 aromatic rings. The molecule has 0 fully saturated rings. The first-order valence-electron chi connectivity index (χ1n) is 9.85. The van der Waals surface area contributed by atoms with Gasteiger partial charge >= 0.3 is 0 Å². The summed E-state index contributed by atoms with van der Waals surface area (Å²) in [7, 11) is 3.81. The van der Waals surface area contributed by atoms with E-state index in [1.54, 1.807) is 7.11 Å². The number of halogens is 2. The summed E-state index contributed by atoms with van der Waals surface area (Å²) in [5.74, 6) is 1.25. The summed E-state index contributed by atoms with van der Waals surface area (Å²) in [5, 5.41) is 6.56. The third kappa shape index (κ3) is 9.45. The van der Waals surface area contributed by atoms with Crippen molar-refractivity contribution in [3.05, 3.63) is 29.1 Å². The average molecular weight is 524 g/mol. The van der Waals surface area contributed by atoms with Crippen LogP contribution in [-0.4, -0.2) is 71.1 Å². The molecule has 29 heavy (non-hydrogen) atoms. The molecule has 1 aliphatic rings. The highest BCUT2D eigenvalue weighted by atomic mass is 127. The second kappa shape index (κ2) is 14.8. The van der Waals surface area contributed by atoms with Crippen molar-refractivity contribution in [3.63, 3.8) is 0 Å². The zero-order valence-corrected chi connectivity index (χ0v) is 20.0. The minimum absolute atomic E-state index is 0. The van der Waals surface area contributed by atoms with Crippen LogP contribution in [0, 0.1) is 5.82 Å². The number of aliphatic imine (C=N–C) groups is 1. The molecule has 0 saturated heterocycles. The maximum absolute atomic E-state index is 13.8. The van der Waals surface area contributed by atoms with Gasteiger partial charge in [-0.1, -0.05) is 0 Å². The highest BCUT2D eigenvalue weighted by Crippen LogP contribution is 2.29. The number of nitrogens with one attached hydrogen (secondary N) is 2. The largest absolute Gasteiger partial charge is 0.467 e. The van der Waals surface area contributed by atoms with Gasteiger partial charge in [-0.2, -0.15) is 0 Å². The molecule has 0 atom stereocenters. The lowest BCUT2D eigenvalue weighted by Gasteiger charge is -2.21. The number of hydrogen-bond donors (Lipinski definition) is 2. The SMILES string of the molecule is CCNC(=NCCN(C)CCCOC)NCCc1cc(F)cc2c1OCOC2.I. The number of guanidine groups is 1. The molecule has 1 aromatic carbocycles. The molecule has 0 spiro atoms. The minimum atomic E-state index is -0.264. The maximum atomic E-state index is 13.8. The number of benzene rings is 1. The van der Waals surface area contributed by atoms with Gasteiger partial charge < -0.3 is 29.7 Å². The van der Waals surface area contributed by atoms with Crippen LogP contribution in [0.5, 0.6) is 5.75 Å². The van der Waals surface area contributed by atoms with Crippen molar-refractivity contribution in [1.82, 2.24) is 15.5 Å². The monoisotopic (exact) mass is 524 g/mol. The summed E-state index contributed by atoms with van der Waals surface area (Å²) < 4.78 is 29.7. The van der Waals surface area contributed by atoms with Gasteiger partial charge in [0, 0.05) is 45.5 Å². The average Bonchev–Trinajstić information content (AvgIpc) is 2.68. The first kappa shape index (κ1) is 25.9. The predicted octanol–water partition coefficient (Wildman–Crippen LogP) is 2.38. The van der Waals surface area contributed by atoms with Gasteiger partial charge in [-0.25, -0.2) is 4.39 Å². The molecule has 0 saturated carbocycles. The molecule has 166 valence electrons. The van der Waals surface area contributed by atoms with Crippen LogP contribution in [-0.2, 0) is 22.5 Å². The van der Waals surface area contributed by atoms with Gasteiger partial charge in [0.25, 0.3) is 0 Å². The highest BCUT2D eigenvalue weighted by Gasteiger charge is 2.16. The second-order valence-electron chi connectivity index (χ2n) is 6.75. The van der Waals surface area contributed by atoms with Gasteiger partial charge in [0.2, 0.25) is 0 Å². The number of rotatable bonds is 11. The molecular weight excluding hydrogens is 490 g/mol. The van der Waals surface area contributed by atoms with E-state index in [9.17, 15) is 4.39 Å². The molecule has 0 aromatic heterocycles. The van der Waals surface area contributed by atoms with E-state index in [0.717, 1.165) is 55.5 Å². The number of nitrogens with zero attached hydrogens (tertiary/aromatic N) is 2. The summed E-state index contributed by atoms with van der Waals surface area (Å²) in [6, 6.07) is 3.00. The highest BCUT2D eigenvalue weighted by molar-refractivity contribution is 14.0. The first-order valence-corrected chi connectivity index (χ1v) is 9.85. The number of methoxy groups -OCH3 is 1.